The topological polar surface area (TPSA) is 73.0 Å². The molecule has 7 heteroatoms. The molecule has 0 saturated carbocycles. The third-order valence-corrected chi connectivity index (χ3v) is 4.89. The van der Waals surface area contributed by atoms with E-state index in [9.17, 15) is 14.7 Å². The van der Waals surface area contributed by atoms with E-state index in [1.807, 2.05) is 0 Å². The van der Waals surface area contributed by atoms with Crippen molar-refractivity contribution in [1.29, 1.82) is 0 Å². The van der Waals surface area contributed by atoms with Crippen LogP contribution in [0.1, 0.15) is 62.6 Å². The van der Waals surface area contributed by atoms with Crippen LogP contribution in [-0.4, -0.2) is 18.8 Å². The van der Waals surface area contributed by atoms with Gasteiger partial charge in [0, 0.05) is 27.9 Å². The van der Waals surface area contributed by atoms with Gasteiger partial charge in [0.2, 0.25) is 5.88 Å². The number of aromatic nitrogens is 4. The van der Waals surface area contributed by atoms with Crippen LogP contribution in [0.3, 0.4) is 0 Å². The van der Waals surface area contributed by atoms with E-state index in [0.29, 0.717) is 0 Å². The first-order chi connectivity index (χ1) is 11.5. The van der Waals surface area contributed by atoms with E-state index >= 15 is 0 Å². The van der Waals surface area contributed by atoms with Gasteiger partial charge in [-0.1, -0.05) is 0 Å². The molecule has 0 atom stereocenters. The van der Waals surface area contributed by atoms with Crippen molar-refractivity contribution in [1.82, 2.24) is 13.7 Å². The Morgan fingerprint density at radius 1 is 1.04 bits per heavy atom. The van der Waals surface area contributed by atoms with Crippen LogP contribution in [0.5, 0.6) is 5.88 Å². The molecule has 0 bridgehead atoms. The van der Waals surface area contributed by atoms with Crippen molar-refractivity contribution in [3.8, 4) is 5.88 Å². The summed E-state index contributed by atoms with van der Waals surface area (Å²) >= 11 is 0. The molecule has 2 rings (SSSR count). The van der Waals surface area contributed by atoms with E-state index in [4.69, 9.17) is 0 Å². The maximum Gasteiger partial charge on any atom is 0.333 e. The van der Waals surface area contributed by atoms with Crippen molar-refractivity contribution >= 4 is 0 Å². The van der Waals surface area contributed by atoms with Crippen LogP contribution in [0, 0.1) is 13.8 Å². The maximum atomic E-state index is 12.6. The summed E-state index contributed by atoms with van der Waals surface area (Å²) in [5, 5.41) is 10.4. The van der Waals surface area contributed by atoms with Gasteiger partial charge < -0.3 is 5.11 Å². The van der Waals surface area contributed by atoms with Gasteiger partial charge in [-0.05, 0) is 27.7 Å². The number of imidazole rings is 1. The molecule has 0 unspecified atom stereocenters. The molecule has 0 aromatic carbocycles. The second-order valence-electron chi connectivity index (χ2n) is 7.20. The van der Waals surface area contributed by atoms with Crippen LogP contribution in [0.4, 0.5) is 0 Å². The minimum Gasteiger partial charge on any atom is -0.494 e. The van der Waals surface area contributed by atoms with Crippen molar-refractivity contribution in [2.75, 3.05) is 0 Å². The van der Waals surface area contributed by atoms with E-state index < -0.39 is 11.2 Å². The molecule has 138 valence electrons. The van der Waals surface area contributed by atoms with Crippen LogP contribution in [0.25, 0.3) is 0 Å². The van der Waals surface area contributed by atoms with Gasteiger partial charge in [-0.25, -0.2) is 13.9 Å². The van der Waals surface area contributed by atoms with Gasteiger partial charge in [0.15, 0.2) is 0 Å². The Kier molecular flexibility index (Phi) is 4.97. The third-order valence-electron chi connectivity index (χ3n) is 4.89. The molecule has 2 heterocycles. The fourth-order valence-electron chi connectivity index (χ4n) is 3.61. The minimum absolute atomic E-state index is 0.215. The average molecular weight is 349 g/mol. The molecule has 0 fully saturated rings. The van der Waals surface area contributed by atoms with Crippen LogP contribution in [0.15, 0.2) is 9.59 Å². The van der Waals surface area contributed by atoms with Crippen molar-refractivity contribution in [2.45, 2.75) is 60.0 Å². The standard InChI is InChI=1S/C18H28N4O3/c1-10(2)21-12(5)13(6)22(11(3)4)15(21)9-14-16(23)19(7)18(25)20(8)17(14)24/h10-11H,9H2,1-8H3/p+1. The zero-order chi connectivity index (χ0) is 19.2. The van der Waals surface area contributed by atoms with Crippen molar-refractivity contribution in [3.63, 3.8) is 0 Å². The SMILES string of the molecule is Cc1c(C)[n+](C(C)C)c(Cc2c(O)n(C)c(=O)n(C)c2=O)n1C(C)C. The minimum atomic E-state index is -0.533. The Morgan fingerprint density at radius 2 is 1.60 bits per heavy atom. The lowest BCUT2D eigenvalue weighted by molar-refractivity contribution is -0.727. The molecule has 2 aromatic heterocycles. The summed E-state index contributed by atoms with van der Waals surface area (Å²) in [6, 6.07) is 0.430. The highest BCUT2D eigenvalue weighted by molar-refractivity contribution is 5.27. The predicted molar refractivity (Wildman–Crippen MR) is 96.3 cm³/mol. The van der Waals surface area contributed by atoms with Gasteiger partial charge in [-0.2, -0.15) is 0 Å². The average Bonchev–Trinajstić information content (AvgIpc) is 2.78. The molecule has 7 nitrogen and oxygen atoms in total. The Balaban J connectivity index is 2.81. The smallest absolute Gasteiger partial charge is 0.333 e. The number of hydrogen-bond acceptors (Lipinski definition) is 3. The molecule has 0 spiro atoms. The van der Waals surface area contributed by atoms with Crippen molar-refractivity contribution < 1.29 is 9.67 Å². The number of aromatic hydroxyl groups is 1. The summed E-state index contributed by atoms with van der Waals surface area (Å²) in [4.78, 5) is 24.6. The largest absolute Gasteiger partial charge is 0.494 e. The third kappa shape index (κ3) is 2.92. The molecule has 0 aliphatic heterocycles. The Labute approximate surface area is 147 Å². The molecule has 0 aliphatic rings. The van der Waals surface area contributed by atoms with Crippen LogP contribution in [-0.2, 0) is 20.5 Å². The van der Waals surface area contributed by atoms with Crippen molar-refractivity contribution in [2.24, 2.45) is 14.1 Å². The lowest BCUT2D eigenvalue weighted by Crippen LogP contribution is -2.44. The molecule has 0 saturated heterocycles. The van der Waals surface area contributed by atoms with E-state index in [2.05, 4.69) is 50.7 Å². The molecular weight excluding hydrogens is 320 g/mol. The first kappa shape index (κ1) is 19.0. The zero-order valence-electron chi connectivity index (χ0n) is 16.4. The number of rotatable bonds is 4. The summed E-state index contributed by atoms with van der Waals surface area (Å²) in [6.07, 6.45) is 0.262. The molecule has 0 amide bonds. The predicted octanol–water partition coefficient (Wildman–Crippen LogP) is 1.25. The van der Waals surface area contributed by atoms with Gasteiger partial charge in [-0.3, -0.25) is 13.9 Å². The first-order valence-electron chi connectivity index (χ1n) is 8.60. The second kappa shape index (κ2) is 6.54. The van der Waals surface area contributed by atoms with Gasteiger partial charge in [0.25, 0.3) is 11.4 Å². The van der Waals surface area contributed by atoms with Crippen LogP contribution < -0.4 is 15.8 Å². The summed E-state index contributed by atoms with van der Waals surface area (Å²) in [7, 11) is 2.90. The second-order valence-corrected chi connectivity index (χ2v) is 7.20. The number of hydrogen-bond donors (Lipinski definition) is 1. The quantitative estimate of drug-likeness (QED) is 0.844. The molecule has 2 aromatic rings. The summed E-state index contributed by atoms with van der Waals surface area (Å²) in [5.74, 6) is 0.682. The molecule has 0 aliphatic carbocycles. The Morgan fingerprint density at radius 3 is 2.08 bits per heavy atom. The first-order valence-corrected chi connectivity index (χ1v) is 8.60. The molecule has 0 radical (unpaired) electrons. The normalized spacial score (nSPS) is 11.8. The maximum absolute atomic E-state index is 12.6. The molecule has 1 N–H and O–H groups in total. The molecular formula is C18H29N4O3+. The lowest BCUT2D eigenvalue weighted by atomic mass is 10.2. The summed E-state index contributed by atoms with van der Waals surface area (Å²) in [6.45, 7) is 12.5. The highest BCUT2D eigenvalue weighted by Crippen LogP contribution is 2.21. The zero-order valence-corrected chi connectivity index (χ0v) is 16.4. The highest BCUT2D eigenvalue weighted by atomic mass is 16.3. The monoisotopic (exact) mass is 349 g/mol. The summed E-state index contributed by atoms with van der Waals surface area (Å²) < 4.78 is 6.54. The Bertz CT molecular complexity index is 898. The summed E-state index contributed by atoms with van der Waals surface area (Å²) in [5.41, 5.74) is 1.52. The molecule has 25 heavy (non-hydrogen) atoms. The lowest BCUT2D eigenvalue weighted by Gasteiger charge is -2.13. The van der Waals surface area contributed by atoms with E-state index in [0.717, 1.165) is 26.3 Å². The van der Waals surface area contributed by atoms with E-state index in [1.54, 1.807) is 0 Å². The van der Waals surface area contributed by atoms with Gasteiger partial charge in [-0.15, -0.1) is 0 Å². The van der Waals surface area contributed by atoms with Gasteiger partial charge >= 0.3 is 5.69 Å². The van der Waals surface area contributed by atoms with E-state index in [-0.39, 0.29) is 29.9 Å². The van der Waals surface area contributed by atoms with E-state index in [1.165, 1.54) is 14.1 Å². The Hall–Kier alpha value is -2.31. The highest BCUT2D eigenvalue weighted by Gasteiger charge is 2.31. The van der Waals surface area contributed by atoms with Crippen molar-refractivity contribution in [3.05, 3.63) is 43.6 Å². The number of nitrogens with zero attached hydrogens (tertiary/aromatic N) is 4. The van der Waals surface area contributed by atoms with Crippen LogP contribution in [0.2, 0.25) is 0 Å². The van der Waals surface area contributed by atoms with Crippen LogP contribution >= 0.6 is 0 Å². The van der Waals surface area contributed by atoms with Gasteiger partial charge in [0.05, 0.1) is 24.1 Å². The van der Waals surface area contributed by atoms with Gasteiger partial charge in [0.1, 0.15) is 11.4 Å². The fraction of sp³-hybridized carbons (Fsp3) is 0.611. The fourth-order valence-corrected chi connectivity index (χ4v) is 3.61.